The molecular formula is C23H26N2O4S. The van der Waals surface area contributed by atoms with Gasteiger partial charge in [0.25, 0.3) is 11.1 Å². The molecule has 0 bridgehead atoms. The third kappa shape index (κ3) is 4.36. The van der Waals surface area contributed by atoms with Gasteiger partial charge in [0.2, 0.25) is 0 Å². The number of aryl methyl sites for hydroxylation is 1. The van der Waals surface area contributed by atoms with E-state index in [1.54, 1.807) is 25.1 Å². The second kappa shape index (κ2) is 9.34. The van der Waals surface area contributed by atoms with E-state index in [1.807, 2.05) is 39.0 Å². The summed E-state index contributed by atoms with van der Waals surface area (Å²) < 4.78 is 7.32. The van der Waals surface area contributed by atoms with E-state index in [-0.39, 0.29) is 17.1 Å². The van der Waals surface area contributed by atoms with Crippen molar-refractivity contribution in [3.05, 3.63) is 57.8 Å². The quantitative estimate of drug-likeness (QED) is 0.350. The Morgan fingerprint density at radius 2 is 1.83 bits per heavy atom. The van der Waals surface area contributed by atoms with Crippen LogP contribution in [0, 0.1) is 13.8 Å². The molecule has 1 fully saturated rings. The number of thioether (sulfide) groups is 1. The van der Waals surface area contributed by atoms with E-state index < -0.39 is 0 Å². The molecule has 0 unspecified atom stereocenters. The van der Waals surface area contributed by atoms with Gasteiger partial charge >= 0.3 is 5.97 Å². The van der Waals surface area contributed by atoms with Crippen LogP contribution in [0.2, 0.25) is 0 Å². The maximum absolute atomic E-state index is 12.4. The molecule has 6 nitrogen and oxygen atoms in total. The maximum Gasteiger partial charge on any atom is 0.338 e. The molecule has 2 aromatic rings. The zero-order valence-corrected chi connectivity index (χ0v) is 18.5. The minimum atomic E-state index is -0.316. The van der Waals surface area contributed by atoms with Crippen molar-refractivity contribution in [2.24, 2.45) is 0 Å². The average Bonchev–Trinajstić information content (AvgIpc) is 3.16. The highest BCUT2D eigenvalue weighted by molar-refractivity contribution is 8.18. The molecule has 0 radical (unpaired) electrons. The maximum atomic E-state index is 12.4. The molecule has 0 N–H and O–H groups in total. The lowest BCUT2D eigenvalue weighted by Gasteiger charge is -2.11. The smallest absolute Gasteiger partial charge is 0.338 e. The zero-order chi connectivity index (χ0) is 21.8. The molecule has 3 rings (SSSR count). The number of carbonyl (C=O) groups excluding carboxylic acids is 3. The molecule has 158 valence electrons. The van der Waals surface area contributed by atoms with Crippen LogP contribution in [0.1, 0.15) is 54.0 Å². The monoisotopic (exact) mass is 426 g/mol. The first kappa shape index (κ1) is 21.9. The lowest BCUT2D eigenvalue weighted by molar-refractivity contribution is -0.122. The van der Waals surface area contributed by atoms with Crippen molar-refractivity contribution in [3.8, 4) is 5.69 Å². The molecule has 0 saturated carbocycles. The van der Waals surface area contributed by atoms with Crippen LogP contribution >= 0.6 is 11.8 Å². The first-order chi connectivity index (χ1) is 14.4. The van der Waals surface area contributed by atoms with E-state index in [4.69, 9.17) is 4.74 Å². The van der Waals surface area contributed by atoms with Crippen LogP contribution in [0.15, 0.2) is 35.2 Å². The second-order valence-electron chi connectivity index (χ2n) is 7.12. The number of rotatable bonds is 7. The number of imide groups is 1. The average molecular weight is 427 g/mol. The fraction of sp³-hybridized carbons (Fsp3) is 0.348. The number of hydrogen-bond acceptors (Lipinski definition) is 5. The number of hydrogen-bond donors (Lipinski definition) is 0. The van der Waals surface area contributed by atoms with Crippen molar-refractivity contribution in [2.45, 2.75) is 40.5 Å². The summed E-state index contributed by atoms with van der Waals surface area (Å²) in [5.74, 6) is -0.563. The minimum Gasteiger partial charge on any atom is -0.462 e. The molecule has 30 heavy (non-hydrogen) atoms. The largest absolute Gasteiger partial charge is 0.462 e. The number of unbranched alkanes of at least 4 members (excludes halogenated alkanes) is 1. The van der Waals surface area contributed by atoms with Crippen molar-refractivity contribution in [3.63, 3.8) is 0 Å². The molecule has 0 aliphatic carbocycles. The Morgan fingerprint density at radius 1 is 1.13 bits per heavy atom. The predicted molar refractivity (Wildman–Crippen MR) is 119 cm³/mol. The van der Waals surface area contributed by atoms with Gasteiger partial charge in [0, 0.05) is 23.6 Å². The standard InChI is InChI=1S/C23H26N2O4S/c1-5-7-12-29-22(27)17-8-10-19(11-9-17)25-15(3)13-18(16(25)4)14-20-21(26)24(6-2)23(28)30-20/h8-11,13-14H,5-7,12H2,1-4H3/b20-14-. The van der Waals surface area contributed by atoms with Crippen molar-refractivity contribution in [1.29, 1.82) is 0 Å². The summed E-state index contributed by atoms with van der Waals surface area (Å²) in [6.45, 7) is 8.58. The van der Waals surface area contributed by atoms with Crippen molar-refractivity contribution in [2.75, 3.05) is 13.2 Å². The molecular weight excluding hydrogens is 400 g/mol. The van der Waals surface area contributed by atoms with Gasteiger partial charge in [-0.15, -0.1) is 0 Å². The fourth-order valence-corrected chi connectivity index (χ4v) is 4.28. The van der Waals surface area contributed by atoms with Crippen LogP contribution in [0.5, 0.6) is 0 Å². The summed E-state index contributed by atoms with van der Waals surface area (Å²) in [4.78, 5) is 38.1. The van der Waals surface area contributed by atoms with Gasteiger partial charge in [-0.05, 0) is 80.9 Å². The normalized spacial score (nSPS) is 15.3. The topological polar surface area (TPSA) is 68.6 Å². The number of esters is 1. The molecule has 2 heterocycles. The number of amides is 2. The highest BCUT2D eigenvalue weighted by Crippen LogP contribution is 2.33. The van der Waals surface area contributed by atoms with Crippen LogP contribution in [0.25, 0.3) is 11.8 Å². The van der Waals surface area contributed by atoms with Gasteiger partial charge in [-0.1, -0.05) is 13.3 Å². The first-order valence-electron chi connectivity index (χ1n) is 10.1. The number of likely N-dealkylation sites (N-methyl/N-ethyl adjacent to an activating group) is 1. The van der Waals surface area contributed by atoms with Gasteiger partial charge in [-0.25, -0.2) is 4.79 Å². The van der Waals surface area contributed by atoms with Gasteiger partial charge in [0.05, 0.1) is 17.1 Å². The van der Waals surface area contributed by atoms with E-state index in [0.717, 1.165) is 47.2 Å². The molecule has 1 aliphatic heterocycles. The summed E-state index contributed by atoms with van der Waals surface area (Å²) in [5.41, 5.74) is 4.26. The molecule has 1 saturated heterocycles. The van der Waals surface area contributed by atoms with Crippen molar-refractivity contribution < 1.29 is 19.1 Å². The second-order valence-corrected chi connectivity index (χ2v) is 8.12. The summed E-state index contributed by atoms with van der Waals surface area (Å²) in [7, 11) is 0. The summed E-state index contributed by atoms with van der Waals surface area (Å²) in [5, 5.41) is -0.232. The van der Waals surface area contributed by atoms with E-state index in [9.17, 15) is 14.4 Å². The lowest BCUT2D eigenvalue weighted by Crippen LogP contribution is -2.27. The van der Waals surface area contributed by atoms with Crippen LogP contribution in [-0.2, 0) is 9.53 Å². The van der Waals surface area contributed by atoms with Crippen molar-refractivity contribution >= 4 is 35.0 Å². The van der Waals surface area contributed by atoms with Crippen LogP contribution in [0.4, 0.5) is 4.79 Å². The number of nitrogens with zero attached hydrogens (tertiary/aromatic N) is 2. The molecule has 2 amide bonds. The molecule has 1 aliphatic rings. The van der Waals surface area contributed by atoms with E-state index in [2.05, 4.69) is 4.57 Å². The fourth-order valence-electron chi connectivity index (χ4n) is 3.38. The SMILES string of the molecule is CCCCOC(=O)c1ccc(-n2c(C)cc(/C=C3\SC(=O)N(CC)C3=O)c2C)cc1. The molecule has 1 aromatic carbocycles. The number of benzene rings is 1. The Balaban J connectivity index is 1.84. The lowest BCUT2D eigenvalue weighted by atomic mass is 10.2. The summed E-state index contributed by atoms with van der Waals surface area (Å²) in [6, 6.07) is 9.27. The Labute approximate surface area is 180 Å². The van der Waals surface area contributed by atoms with Crippen LogP contribution in [-0.4, -0.2) is 39.7 Å². The Morgan fingerprint density at radius 3 is 2.43 bits per heavy atom. The van der Waals surface area contributed by atoms with Gasteiger partial charge in [0.1, 0.15) is 0 Å². The Bertz CT molecular complexity index is 1000. The highest BCUT2D eigenvalue weighted by atomic mass is 32.2. The molecule has 0 atom stereocenters. The first-order valence-corrected chi connectivity index (χ1v) is 10.9. The Hall–Kier alpha value is -2.80. The number of aromatic nitrogens is 1. The summed E-state index contributed by atoms with van der Waals surface area (Å²) >= 11 is 0.972. The zero-order valence-electron chi connectivity index (χ0n) is 17.7. The Kier molecular flexibility index (Phi) is 6.82. The van der Waals surface area contributed by atoms with Gasteiger partial charge < -0.3 is 9.30 Å². The predicted octanol–water partition coefficient (Wildman–Crippen LogP) is 5.11. The number of ether oxygens (including phenoxy) is 1. The minimum absolute atomic E-state index is 0.232. The van der Waals surface area contributed by atoms with Gasteiger partial charge in [0.15, 0.2) is 0 Å². The van der Waals surface area contributed by atoms with Crippen LogP contribution < -0.4 is 0 Å². The number of carbonyl (C=O) groups is 3. The third-order valence-corrected chi connectivity index (χ3v) is 5.95. The van der Waals surface area contributed by atoms with Gasteiger partial charge in [-0.2, -0.15) is 0 Å². The summed E-state index contributed by atoms with van der Waals surface area (Å²) in [6.07, 6.45) is 3.61. The molecule has 0 spiro atoms. The van der Waals surface area contributed by atoms with E-state index in [1.165, 1.54) is 4.90 Å². The van der Waals surface area contributed by atoms with Crippen molar-refractivity contribution in [1.82, 2.24) is 9.47 Å². The van der Waals surface area contributed by atoms with Crippen LogP contribution in [0.3, 0.4) is 0 Å². The van der Waals surface area contributed by atoms with Gasteiger partial charge in [-0.3, -0.25) is 14.5 Å². The molecule has 1 aromatic heterocycles. The molecule has 7 heteroatoms. The van der Waals surface area contributed by atoms with E-state index >= 15 is 0 Å². The van der Waals surface area contributed by atoms with E-state index in [0.29, 0.717) is 23.6 Å². The highest BCUT2D eigenvalue weighted by Gasteiger charge is 2.33. The third-order valence-electron chi connectivity index (χ3n) is 5.04.